The summed E-state index contributed by atoms with van der Waals surface area (Å²) in [6, 6.07) is 0.523. The Morgan fingerprint density at radius 3 is 2.77 bits per heavy atom. The summed E-state index contributed by atoms with van der Waals surface area (Å²) in [6.07, 6.45) is 2.00. The van der Waals surface area contributed by atoms with Crippen molar-refractivity contribution >= 4 is 11.8 Å². The SMILES string of the molecule is CCSCc1cnc(C)n1C(C)C. The van der Waals surface area contributed by atoms with Gasteiger partial charge in [-0.05, 0) is 26.5 Å². The molecule has 0 atom stereocenters. The van der Waals surface area contributed by atoms with Gasteiger partial charge in [0.25, 0.3) is 0 Å². The summed E-state index contributed by atoms with van der Waals surface area (Å²) >= 11 is 1.95. The van der Waals surface area contributed by atoms with E-state index in [1.165, 1.54) is 11.4 Å². The van der Waals surface area contributed by atoms with E-state index >= 15 is 0 Å². The largest absolute Gasteiger partial charge is 0.329 e. The highest BCUT2D eigenvalue weighted by Crippen LogP contribution is 2.17. The van der Waals surface area contributed by atoms with Gasteiger partial charge in [0.15, 0.2) is 0 Å². The fourth-order valence-corrected chi connectivity index (χ4v) is 2.15. The van der Waals surface area contributed by atoms with Crippen LogP contribution in [0.4, 0.5) is 0 Å². The molecule has 0 saturated carbocycles. The van der Waals surface area contributed by atoms with Crippen molar-refractivity contribution in [3.63, 3.8) is 0 Å². The van der Waals surface area contributed by atoms with Crippen LogP contribution in [0.5, 0.6) is 0 Å². The van der Waals surface area contributed by atoms with Gasteiger partial charge in [-0.25, -0.2) is 4.98 Å². The van der Waals surface area contributed by atoms with Gasteiger partial charge in [0.1, 0.15) is 5.82 Å². The predicted molar refractivity (Wildman–Crippen MR) is 59.2 cm³/mol. The number of nitrogens with zero attached hydrogens (tertiary/aromatic N) is 2. The molecule has 0 aliphatic rings. The Kier molecular flexibility index (Phi) is 3.85. The Morgan fingerprint density at radius 2 is 2.23 bits per heavy atom. The second-order valence-corrected chi connectivity index (χ2v) is 4.67. The van der Waals surface area contributed by atoms with E-state index in [4.69, 9.17) is 0 Å². The maximum Gasteiger partial charge on any atom is 0.105 e. The molecule has 0 radical (unpaired) electrons. The number of aromatic nitrogens is 2. The average molecular weight is 198 g/mol. The average Bonchev–Trinajstić information content (AvgIpc) is 2.43. The molecule has 0 aromatic carbocycles. The molecule has 13 heavy (non-hydrogen) atoms. The first-order valence-electron chi connectivity index (χ1n) is 4.77. The molecule has 1 heterocycles. The van der Waals surface area contributed by atoms with Crippen molar-refractivity contribution in [2.24, 2.45) is 0 Å². The van der Waals surface area contributed by atoms with Crippen molar-refractivity contribution in [3.8, 4) is 0 Å². The molecule has 2 nitrogen and oxygen atoms in total. The van der Waals surface area contributed by atoms with E-state index in [0.29, 0.717) is 6.04 Å². The van der Waals surface area contributed by atoms with Crippen molar-refractivity contribution in [2.75, 3.05) is 5.75 Å². The van der Waals surface area contributed by atoms with Crippen LogP contribution in [0.1, 0.15) is 38.3 Å². The monoisotopic (exact) mass is 198 g/mol. The molecule has 1 rings (SSSR count). The number of thioether (sulfide) groups is 1. The maximum atomic E-state index is 4.34. The van der Waals surface area contributed by atoms with Crippen molar-refractivity contribution < 1.29 is 0 Å². The normalized spacial score (nSPS) is 11.2. The smallest absolute Gasteiger partial charge is 0.105 e. The third-order valence-corrected chi connectivity index (χ3v) is 2.94. The summed E-state index contributed by atoms with van der Waals surface area (Å²) < 4.78 is 2.31. The van der Waals surface area contributed by atoms with Crippen LogP contribution in [0, 0.1) is 6.92 Å². The van der Waals surface area contributed by atoms with E-state index in [0.717, 1.165) is 11.6 Å². The van der Waals surface area contributed by atoms with Crippen LogP contribution in [-0.2, 0) is 5.75 Å². The fraction of sp³-hybridized carbons (Fsp3) is 0.700. The number of imidazole rings is 1. The van der Waals surface area contributed by atoms with E-state index in [1.807, 2.05) is 18.0 Å². The molecule has 0 N–H and O–H groups in total. The van der Waals surface area contributed by atoms with Crippen molar-refractivity contribution in [3.05, 3.63) is 17.7 Å². The molecule has 1 aromatic rings. The third-order valence-electron chi connectivity index (χ3n) is 2.03. The predicted octanol–water partition coefficient (Wildman–Crippen LogP) is 3.03. The van der Waals surface area contributed by atoms with Crippen LogP contribution in [-0.4, -0.2) is 15.3 Å². The van der Waals surface area contributed by atoms with Crippen molar-refractivity contribution in [1.82, 2.24) is 9.55 Å². The van der Waals surface area contributed by atoms with E-state index < -0.39 is 0 Å². The molecule has 0 saturated heterocycles. The summed E-state index contributed by atoms with van der Waals surface area (Å²) in [5, 5.41) is 0. The quantitative estimate of drug-likeness (QED) is 0.740. The van der Waals surface area contributed by atoms with E-state index in [9.17, 15) is 0 Å². The van der Waals surface area contributed by atoms with E-state index in [-0.39, 0.29) is 0 Å². The van der Waals surface area contributed by atoms with Gasteiger partial charge in [-0.2, -0.15) is 11.8 Å². The van der Waals surface area contributed by atoms with Gasteiger partial charge in [0.2, 0.25) is 0 Å². The molecule has 74 valence electrons. The molecular formula is C10H18N2S. The second-order valence-electron chi connectivity index (χ2n) is 3.40. The zero-order chi connectivity index (χ0) is 9.84. The molecule has 0 aliphatic heterocycles. The minimum atomic E-state index is 0.523. The van der Waals surface area contributed by atoms with E-state index in [2.05, 4.69) is 37.2 Å². The number of hydrogen-bond acceptors (Lipinski definition) is 2. The Hall–Kier alpha value is -0.440. The number of aryl methyl sites for hydroxylation is 1. The maximum absolute atomic E-state index is 4.34. The Bertz CT molecular complexity index is 266. The molecule has 0 spiro atoms. The fourth-order valence-electron chi connectivity index (χ4n) is 1.52. The lowest BCUT2D eigenvalue weighted by molar-refractivity contribution is 0.567. The first-order chi connectivity index (χ1) is 6.16. The van der Waals surface area contributed by atoms with Gasteiger partial charge in [-0.3, -0.25) is 0 Å². The molecule has 3 heteroatoms. The summed E-state index contributed by atoms with van der Waals surface area (Å²) in [5.41, 5.74) is 1.35. The topological polar surface area (TPSA) is 17.8 Å². The zero-order valence-electron chi connectivity index (χ0n) is 8.87. The molecule has 0 bridgehead atoms. The molecule has 1 aromatic heterocycles. The standard InChI is InChI=1S/C10H18N2S/c1-5-13-7-10-6-11-9(4)12(10)8(2)3/h6,8H,5,7H2,1-4H3. The molecule has 0 unspecified atom stereocenters. The van der Waals surface area contributed by atoms with Gasteiger partial charge >= 0.3 is 0 Å². The number of hydrogen-bond donors (Lipinski definition) is 0. The van der Waals surface area contributed by atoms with Gasteiger partial charge in [-0.1, -0.05) is 6.92 Å². The van der Waals surface area contributed by atoms with Crippen LogP contribution < -0.4 is 0 Å². The van der Waals surface area contributed by atoms with Crippen molar-refractivity contribution in [1.29, 1.82) is 0 Å². The van der Waals surface area contributed by atoms with Crippen LogP contribution in [0.3, 0.4) is 0 Å². The lowest BCUT2D eigenvalue weighted by Crippen LogP contribution is -2.06. The number of rotatable bonds is 4. The molecular weight excluding hydrogens is 180 g/mol. The van der Waals surface area contributed by atoms with Gasteiger partial charge in [0.05, 0.1) is 0 Å². The zero-order valence-corrected chi connectivity index (χ0v) is 9.69. The minimum absolute atomic E-state index is 0.523. The summed E-state index contributed by atoms with van der Waals surface area (Å²) in [7, 11) is 0. The summed E-state index contributed by atoms with van der Waals surface area (Å²) in [6.45, 7) is 8.66. The Morgan fingerprint density at radius 1 is 1.54 bits per heavy atom. The lowest BCUT2D eigenvalue weighted by atomic mass is 10.3. The first-order valence-corrected chi connectivity index (χ1v) is 5.92. The van der Waals surface area contributed by atoms with Gasteiger partial charge in [0, 0.05) is 23.7 Å². The van der Waals surface area contributed by atoms with Gasteiger partial charge in [-0.15, -0.1) is 0 Å². The van der Waals surface area contributed by atoms with Gasteiger partial charge < -0.3 is 4.57 Å². The molecule has 0 fully saturated rings. The highest BCUT2D eigenvalue weighted by Gasteiger charge is 2.08. The summed E-state index contributed by atoms with van der Waals surface area (Å²) in [4.78, 5) is 4.34. The van der Waals surface area contributed by atoms with Crippen LogP contribution in [0.25, 0.3) is 0 Å². The van der Waals surface area contributed by atoms with E-state index in [1.54, 1.807) is 0 Å². The van der Waals surface area contributed by atoms with Crippen LogP contribution in [0.15, 0.2) is 6.20 Å². The summed E-state index contributed by atoms with van der Waals surface area (Å²) in [5.74, 6) is 3.37. The highest BCUT2D eigenvalue weighted by atomic mass is 32.2. The van der Waals surface area contributed by atoms with Crippen LogP contribution >= 0.6 is 11.8 Å². The highest BCUT2D eigenvalue weighted by molar-refractivity contribution is 7.98. The molecule has 0 aliphatic carbocycles. The van der Waals surface area contributed by atoms with Crippen LogP contribution in [0.2, 0.25) is 0 Å². The Balaban J connectivity index is 2.81. The van der Waals surface area contributed by atoms with Crippen molar-refractivity contribution in [2.45, 2.75) is 39.5 Å². The first kappa shape index (κ1) is 10.6. The Labute approximate surface area is 84.7 Å². The third kappa shape index (κ3) is 2.50. The lowest BCUT2D eigenvalue weighted by Gasteiger charge is -2.13. The second kappa shape index (κ2) is 4.70. The molecule has 0 amide bonds. The minimum Gasteiger partial charge on any atom is -0.329 e.